The monoisotopic (exact) mass is 463 g/mol. The number of amides is 1. The molecule has 3 aromatic carbocycles. The minimum atomic E-state index is -0.566. The SMILES string of the molecule is O=C(Nc1cccc([N+](=O)[O-])c1)c1nc(-c2ccccc2)n(-c2ccc(Br)cc2)n1. The molecular weight excluding hydrogens is 450 g/mol. The lowest BCUT2D eigenvalue weighted by atomic mass is 10.2. The summed E-state index contributed by atoms with van der Waals surface area (Å²) in [5.41, 5.74) is 1.70. The number of nitro benzene ring substituents is 1. The van der Waals surface area contributed by atoms with Crippen molar-refractivity contribution in [2.24, 2.45) is 0 Å². The van der Waals surface area contributed by atoms with Crippen molar-refractivity contribution in [3.05, 3.63) is 99.3 Å². The first-order valence-electron chi connectivity index (χ1n) is 8.85. The number of anilines is 1. The van der Waals surface area contributed by atoms with Gasteiger partial charge >= 0.3 is 0 Å². The molecule has 0 aliphatic carbocycles. The fourth-order valence-electron chi connectivity index (χ4n) is 2.83. The summed E-state index contributed by atoms with van der Waals surface area (Å²) in [7, 11) is 0. The average molecular weight is 464 g/mol. The van der Waals surface area contributed by atoms with E-state index in [4.69, 9.17) is 0 Å². The first-order chi connectivity index (χ1) is 14.5. The first-order valence-corrected chi connectivity index (χ1v) is 9.65. The van der Waals surface area contributed by atoms with E-state index < -0.39 is 10.8 Å². The van der Waals surface area contributed by atoms with E-state index >= 15 is 0 Å². The Balaban J connectivity index is 1.72. The Morgan fingerprint density at radius 2 is 1.73 bits per heavy atom. The minimum absolute atomic E-state index is 0.0525. The van der Waals surface area contributed by atoms with Crippen molar-refractivity contribution >= 4 is 33.2 Å². The predicted molar refractivity (Wildman–Crippen MR) is 116 cm³/mol. The maximum absolute atomic E-state index is 12.8. The lowest BCUT2D eigenvalue weighted by Gasteiger charge is -2.05. The maximum atomic E-state index is 12.8. The van der Waals surface area contributed by atoms with E-state index in [-0.39, 0.29) is 17.2 Å². The Morgan fingerprint density at radius 1 is 1.00 bits per heavy atom. The van der Waals surface area contributed by atoms with Crippen LogP contribution in [0.2, 0.25) is 0 Å². The molecule has 0 saturated carbocycles. The molecule has 9 heteroatoms. The maximum Gasteiger partial charge on any atom is 0.295 e. The number of nitrogens with one attached hydrogen (secondary N) is 1. The van der Waals surface area contributed by atoms with E-state index in [0.29, 0.717) is 5.82 Å². The normalized spacial score (nSPS) is 10.6. The zero-order chi connectivity index (χ0) is 21.1. The molecule has 0 saturated heterocycles. The van der Waals surface area contributed by atoms with Crippen molar-refractivity contribution in [2.75, 3.05) is 5.32 Å². The molecule has 4 rings (SSSR count). The quantitative estimate of drug-likeness (QED) is 0.336. The largest absolute Gasteiger partial charge is 0.319 e. The first kappa shape index (κ1) is 19.5. The van der Waals surface area contributed by atoms with Crippen LogP contribution in [0.3, 0.4) is 0 Å². The van der Waals surface area contributed by atoms with Crippen molar-refractivity contribution < 1.29 is 9.72 Å². The average Bonchev–Trinajstić information content (AvgIpc) is 3.21. The van der Waals surface area contributed by atoms with Gasteiger partial charge in [-0.15, -0.1) is 5.10 Å². The lowest BCUT2D eigenvalue weighted by molar-refractivity contribution is -0.384. The summed E-state index contributed by atoms with van der Waals surface area (Å²) in [5.74, 6) is -0.117. The van der Waals surface area contributed by atoms with Crippen LogP contribution in [0.5, 0.6) is 0 Å². The molecule has 0 radical (unpaired) electrons. The van der Waals surface area contributed by atoms with Crippen LogP contribution in [0, 0.1) is 10.1 Å². The van der Waals surface area contributed by atoms with Gasteiger partial charge in [0.15, 0.2) is 5.82 Å². The van der Waals surface area contributed by atoms with E-state index in [1.54, 1.807) is 10.7 Å². The fourth-order valence-corrected chi connectivity index (χ4v) is 3.09. The van der Waals surface area contributed by atoms with Gasteiger partial charge in [0, 0.05) is 27.9 Å². The van der Waals surface area contributed by atoms with E-state index in [9.17, 15) is 14.9 Å². The van der Waals surface area contributed by atoms with Gasteiger partial charge in [0.2, 0.25) is 5.82 Å². The molecule has 30 heavy (non-hydrogen) atoms. The number of rotatable bonds is 5. The summed E-state index contributed by atoms with van der Waals surface area (Å²) in [5, 5.41) is 18.0. The molecule has 1 aromatic heterocycles. The van der Waals surface area contributed by atoms with Crippen LogP contribution in [0.25, 0.3) is 17.1 Å². The van der Waals surface area contributed by atoms with Gasteiger partial charge < -0.3 is 5.32 Å². The van der Waals surface area contributed by atoms with Gasteiger partial charge in [-0.2, -0.15) is 0 Å². The number of carbonyl (C=O) groups excluding carboxylic acids is 1. The molecule has 0 aliphatic heterocycles. The van der Waals surface area contributed by atoms with Crippen molar-refractivity contribution in [1.29, 1.82) is 0 Å². The number of nitro groups is 1. The molecule has 0 fully saturated rings. The number of aromatic nitrogens is 3. The van der Waals surface area contributed by atoms with Gasteiger partial charge in [0.25, 0.3) is 11.6 Å². The van der Waals surface area contributed by atoms with Crippen LogP contribution < -0.4 is 5.32 Å². The lowest BCUT2D eigenvalue weighted by Crippen LogP contribution is -2.14. The zero-order valence-corrected chi connectivity index (χ0v) is 17.0. The number of benzene rings is 3. The second-order valence-corrected chi connectivity index (χ2v) is 7.19. The predicted octanol–water partition coefficient (Wildman–Crippen LogP) is 4.86. The molecule has 148 valence electrons. The van der Waals surface area contributed by atoms with Gasteiger partial charge in [-0.3, -0.25) is 14.9 Å². The van der Waals surface area contributed by atoms with Gasteiger partial charge in [-0.1, -0.05) is 52.3 Å². The topological polar surface area (TPSA) is 103 Å². The molecule has 0 atom stereocenters. The fraction of sp³-hybridized carbons (Fsp3) is 0. The smallest absolute Gasteiger partial charge is 0.295 e. The Labute approximate surface area is 179 Å². The van der Waals surface area contributed by atoms with Gasteiger partial charge in [0.05, 0.1) is 10.6 Å². The molecule has 4 aromatic rings. The summed E-state index contributed by atoms with van der Waals surface area (Å²) >= 11 is 3.41. The molecule has 1 amide bonds. The Kier molecular flexibility index (Phi) is 5.36. The molecule has 0 spiro atoms. The number of hydrogen-bond acceptors (Lipinski definition) is 5. The highest BCUT2D eigenvalue weighted by atomic mass is 79.9. The third-order valence-corrected chi connectivity index (χ3v) is 4.76. The van der Waals surface area contributed by atoms with Crippen molar-refractivity contribution in [3.8, 4) is 17.1 Å². The number of hydrogen-bond donors (Lipinski definition) is 1. The number of carbonyl (C=O) groups is 1. The Morgan fingerprint density at radius 3 is 2.43 bits per heavy atom. The summed E-state index contributed by atoms with van der Waals surface area (Å²) < 4.78 is 2.50. The number of non-ortho nitro benzene ring substituents is 1. The van der Waals surface area contributed by atoms with Crippen LogP contribution in [-0.4, -0.2) is 25.6 Å². The van der Waals surface area contributed by atoms with Crippen LogP contribution in [-0.2, 0) is 0 Å². The molecule has 1 N–H and O–H groups in total. The second kappa shape index (κ2) is 8.26. The molecule has 0 aliphatic rings. The molecule has 8 nitrogen and oxygen atoms in total. The molecule has 1 heterocycles. The van der Waals surface area contributed by atoms with Crippen LogP contribution in [0.4, 0.5) is 11.4 Å². The van der Waals surface area contributed by atoms with Crippen LogP contribution in [0.1, 0.15) is 10.6 Å². The third kappa shape index (κ3) is 4.11. The van der Waals surface area contributed by atoms with E-state index in [0.717, 1.165) is 15.7 Å². The van der Waals surface area contributed by atoms with Crippen molar-refractivity contribution in [3.63, 3.8) is 0 Å². The number of halogens is 1. The molecule has 0 bridgehead atoms. The molecule has 0 unspecified atom stereocenters. The minimum Gasteiger partial charge on any atom is -0.319 e. The highest BCUT2D eigenvalue weighted by molar-refractivity contribution is 9.10. The van der Waals surface area contributed by atoms with E-state index in [1.807, 2.05) is 54.6 Å². The third-order valence-electron chi connectivity index (χ3n) is 4.23. The summed E-state index contributed by atoms with van der Waals surface area (Å²) in [6.45, 7) is 0. The number of nitrogens with zero attached hydrogens (tertiary/aromatic N) is 4. The summed E-state index contributed by atoms with van der Waals surface area (Å²) in [4.78, 5) is 27.6. The van der Waals surface area contributed by atoms with E-state index in [1.165, 1.54) is 18.2 Å². The molecular formula is C21H14BrN5O3. The Hall–Kier alpha value is -3.85. The zero-order valence-electron chi connectivity index (χ0n) is 15.4. The standard InChI is InChI=1S/C21H14BrN5O3/c22-15-9-11-17(12-10-15)26-20(14-5-2-1-3-6-14)24-19(25-26)21(28)23-16-7-4-8-18(13-16)27(29)30/h1-13H,(H,23,28). The Bertz CT molecular complexity index is 1220. The van der Waals surface area contributed by atoms with E-state index in [2.05, 4.69) is 31.3 Å². The van der Waals surface area contributed by atoms with Crippen molar-refractivity contribution in [2.45, 2.75) is 0 Å². The second-order valence-electron chi connectivity index (χ2n) is 6.27. The highest BCUT2D eigenvalue weighted by Gasteiger charge is 2.19. The summed E-state index contributed by atoms with van der Waals surface area (Å²) in [6, 6.07) is 22.5. The van der Waals surface area contributed by atoms with Gasteiger partial charge in [-0.05, 0) is 30.3 Å². The van der Waals surface area contributed by atoms with Gasteiger partial charge in [0.1, 0.15) is 0 Å². The van der Waals surface area contributed by atoms with Gasteiger partial charge in [-0.25, -0.2) is 9.67 Å². The van der Waals surface area contributed by atoms with Crippen molar-refractivity contribution in [1.82, 2.24) is 14.8 Å². The van der Waals surface area contributed by atoms with Crippen LogP contribution in [0.15, 0.2) is 83.3 Å². The highest BCUT2D eigenvalue weighted by Crippen LogP contribution is 2.23. The van der Waals surface area contributed by atoms with Crippen LogP contribution >= 0.6 is 15.9 Å². The summed E-state index contributed by atoms with van der Waals surface area (Å²) in [6.07, 6.45) is 0.